The van der Waals surface area contributed by atoms with Crippen LogP contribution in [0.3, 0.4) is 0 Å². The maximum Gasteiger partial charge on any atom is 0.123 e. The molecule has 0 aliphatic rings. The highest BCUT2D eigenvalue weighted by Crippen LogP contribution is 2.37. The van der Waals surface area contributed by atoms with Crippen molar-refractivity contribution >= 4 is 16.3 Å². The van der Waals surface area contributed by atoms with Gasteiger partial charge in [0.05, 0.1) is 5.56 Å². The van der Waals surface area contributed by atoms with Crippen LogP contribution in [0.1, 0.15) is 11.1 Å². The zero-order valence-corrected chi connectivity index (χ0v) is 9.44. The molecule has 4 heteroatoms. The van der Waals surface area contributed by atoms with Gasteiger partial charge < -0.3 is 5.73 Å². The lowest BCUT2D eigenvalue weighted by atomic mass is 10.1. The van der Waals surface area contributed by atoms with E-state index < -0.39 is 0 Å². The second kappa shape index (κ2) is 3.95. The second-order valence-corrected chi connectivity index (χ2v) is 4.47. The molecule has 0 atom stereocenters. The van der Waals surface area contributed by atoms with E-state index in [0.29, 0.717) is 10.6 Å². The van der Waals surface area contributed by atoms with E-state index in [0.717, 1.165) is 16.0 Å². The molecule has 0 unspecified atom stereocenters. The number of benzene rings is 1. The van der Waals surface area contributed by atoms with Crippen molar-refractivity contribution in [1.82, 2.24) is 0 Å². The molecule has 1 aromatic heterocycles. The first kappa shape index (κ1) is 10.7. The van der Waals surface area contributed by atoms with Gasteiger partial charge in [0.1, 0.15) is 16.9 Å². The predicted octanol–water partition coefficient (Wildman–Crippen LogP) is 3.32. The highest BCUT2D eigenvalue weighted by Gasteiger charge is 2.13. The summed E-state index contributed by atoms with van der Waals surface area (Å²) in [5.74, 6) is -0.272. The molecule has 2 aromatic rings. The van der Waals surface area contributed by atoms with Crippen molar-refractivity contribution in [3.05, 3.63) is 41.2 Å². The van der Waals surface area contributed by atoms with E-state index in [-0.39, 0.29) is 5.82 Å². The van der Waals surface area contributed by atoms with Gasteiger partial charge >= 0.3 is 0 Å². The third-order valence-corrected chi connectivity index (χ3v) is 3.56. The van der Waals surface area contributed by atoms with E-state index in [2.05, 4.69) is 6.07 Å². The highest BCUT2D eigenvalue weighted by atomic mass is 32.1. The van der Waals surface area contributed by atoms with E-state index in [4.69, 9.17) is 11.0 Å². The molecule has 0 aliphatic heterocycles. The topological polar surface area (TPSA) is 49.8 Å². The molecule has 80 valence electrons. The van der Waals surface area contributed by atoms with Crippen molar-refractivity contribution in [2.75, 3.05) is 5.73 Å². The predicted molar refractivity (Wildman–Crippen MR) is 63.6 cm³/mol. The summed E-state index contributed by atoms with van der Waals surface area (Å²) in [6.45, 7) is 1.85. The van der Waals surface area contributed by atoms with Crippen molar-refractivity contribution in [3.8, 4) is 16.5 Å². The smallest absolute Gasteiger partial charge is 0.123 e. The monoisotopic (exact) mass is 232 g/mol. The Kier molecular flexibility index (Phi) is 2.63. The van der Waals surface area contributed by atoms with E-state index in [1.807, 2.05) is 6.92 Å². The minimum Gasteiger partial charge on any atom is -0.389 e. The van der Waals surface area contributed by atoms with Gasteiger partial charge in [0.15, 0.2) is 0 Å². The lowest BCUT2D eigenvalue weighted by molar-refractivity contribution is 0.628. The minimum atomic E-state index is -0.272. The molecule has 1 heterocycles. The summed E-state index contributed by atoms with van der Waals surface area (Å²) in [5, 5.41) is 9.43. The van der Waals surface area contributed by atoms with Crippen molar-refractivity contribution in [1.29, 1.82) is 5.26 Å². The molecule has 2 N–H and O–H groups in total. The zero-order chi connectivity index (χ0) is 11.7. The lowest BCUT2D eigenvalue weighted by Crippen LogP contribution is -1.84. The van der Waals surface area contributed by atoms with Crippen LogP contribution in [0, 0.1) is 24.1 Å². The standard InChI is InChI=1S/C12H9FN2S/c1-7-10(6-14)12(15)16-11(7)8-2-4-9(13)5-3-8/h2-5H,15H2,1H3. The lowest BCUT2D eigenvalue weighted by Gasteiger charge is -1.99. The van der Waals surface area contributed by atoms with Crippen LogP contribution in [-0.4, -0.2) is 0 Å². The SMILES string of the molecule is Cc1c(-c2ccc(F)cc2)sc(N)c1C#N. The molecule has 0 saturated carbocycles. The number of anilines is 1. The zero-order valence-electron chi connectivity index (χ0n) is 8.62. The van der Waals surface area contributed by atoms with Gasteiger partial charge in [-0.2, -0.15) is 5.26 Å². The number of nitrogens with two attached hydrogens (primary N) is 1. The Hall–Kier alpha value is -1.86. The molecule has 16 heavy (non-hydrogen) atoms. The first-order valence-corrected chi connectivity index (χ1v) is 5.50. The van der Waals surface area contributed by atoms with Gasteiger partial charge in [-0.1, -0.05) is 12.1 Å². The number of rotatable bonds is 1. The summed E-state index contributed by atoms with van der Waals surface area (Å²) in [4.78, 5) is 0.925. The van der Waals surface area contributed by atoms with Crippen LogP contribution >= 0.6 is 11.3 Å². The Bertz CT molecular complexity index is 564. The molecule has 2 nitrogen and oxygen atoms in total. The fourth-order valence-corrected chi connectivity index (χ4v) is 2.58. The second-order valence-electron chi connectivity index (χ2n) is 3.41. The Morgan fingerprint density at radius 1 is 1.31 bits per heavy atom. The summed E-state index contributed by atoms with van der Waals surface area (Å²) >= 11 is 1.36. The van der Waals surface area contributed by atoms with Gasteiger partial charge in [-0.3, -0.25) is 0 Å². The van der Waals surface area contributed by atoms with Gasteiger partial charge in [0.25, 0.3) is 0 Å². The van der Waals surface area contributed by atoms with Crippen LogP contribution in [-0.2, 0) is 0 Å². The Balaban J connectivity index is 2.58. The molecule has 0 radical (unpaired) electrons. The average Bonchev–Trinajstić information content (AvgIpc) is 2.55. The van der Waals surface area contributed by atoms with Gasteiger partial charge in [-0.25, -0.2) is 4.39 Å². The van der Waals surface area contributed by atoms with E-state index in [9.17, 15) is 4.39 Å². The first-order valence-electron chi connectivity index (χ1n) is 4.68. The van der Waals surface area contributed by atoms with E-state index >= 15 is 0 Å². The molecule has 1 aromatic carbocycles. The maximum atomic E-state index is 12.8. The van der Waals surface area contributed by atoms with E-state index in [1.54, 1.807) is 12.1 Å². The Morgan fingerprint density at radius 2 is 1.94 bits per heavy atom. The van der Waals surface area contributed by atoms with Crippen LogP contribution in [0.15, 0.2) is 24.3 Å². The number of nitriles is 1. The largest absolute Gasteiger partial charge is 0.389 e. The normalized spacial score (nSPS) is 10.1. The van der Waals surface area contributed by atoms with Crippen LogP contribution < -0.4 is 5.73 Å². The summed E-state index contributed by atoms with van der Waals surface area (Å²) in [5.41, 5.74) is 8.00. The molecule has 0 aliphatic carbocycles. The van der Waals surface area contributed by atoms with Gasteiger partial charge in [0.2, 0.25) is 0 Å². The van der Waals surface area contributed by atoms with Gasteiger partial charge in [-0.15, -0.1) is 11.3 Å². The molecule has 0 amide bonds. The third-order valence-electron chi connectivity index (χ3n) is 2.39. The van der Waals surface area contributed by atoms with Crippen LogP contribution in [0.2, 0.25) is 0 Å². The van der Waals surface area contributed by atoms with Crippen LogP contribution in [0.4, 0.5) is 9.39 Å². The van der Waals surface area contributed by atoms with Crippen LogP contribution in [0.5, 0.6) is 0 Å². The van der Waals surface area contributed by atoms with Crippen LogP contribution in [0.25, 0.3) is 10.4 Å². The van der Waals surface area contributed by atoms with E-state index in [1.165, 1.54) is 23.5 Å². The number of nitrogen functional groups attached to an aromatic ring is 1. The third kappa shape index (κ3) is 1.66. The number of thiophene rings is 1. The Morgan fingerprint density at radius 3 is 2.44 bits per heavy atom. The minimum absolute atomic E-state index is 0.272. The number of halogens is 1. The van der Waals surface area contributed by atoms with Crippen molar-refractivity contribution < 1.29 is 4.39 Å². The van der Waals surface area contributed by atoms with Crippen molar-refractivity contribution in [2.45, 2.75) is 6.92 Å². The summed E-state index contributed by atoms with van der Waals surface area (Å²) < 4.78 is 12.8. The van der Waals surface area contributed by atoms with Crippen molar-refractivity contribution in [3.63, 3.8) is 0 Å². The molecular weight excluding hydrogens is 223 g/mol. The quantitative estimate of drug-likeness (QED) is 0.820. The molecule has 2 rings (SSSR count). The number of nitrogens with zero attached hydrogens (tertiary/aromatic N) is 1. The summed E-state index contributed by atoms with van der Waals surface area (Å²) in [6, 6.07) is 8.25. The summed E-state index contributed by atoms with van der Waals surface area (Å²) in [6.07, 6.45) is 0. The molecule has 0 saturated heterocycles. The molecule has 0 bridgehead atoms. The average molecular weight is 232 g/mol. The van der Waals surface area contributed by atoms with Gasteiger partial charge in [0, 0.05) is 4.88 Å². The molecule has 0 fully saturated rings. The Labute approximate surface area is 96.8 Å². The highest BCUT2D eigenvalue weighted by molar-refractivity contribution is 7.19. The number of hydrogen-bond acceptors (Lipinski definition) is 3. The van der Waals surface area contributed by atoms with Crippen molar-refractivity contribution in [2.24, 2.45) is 0 Å². The summed E-state index contributed by atoms with van der Waals surface area (Å²) in [7, 11) is 0. The fourth-order valence-electron chi connectivity index (χ4n) is 1.55. The maximum absolute atomic E-state index is 12.8. The molecule has 0 spiro atoms. The molecular formula is C12H9FN2S. The fraction of sp³-hybridized carbons (Fsp3) is 0.0833. The van der Waals surface area contributed by atoms with Gasteiger partial charge in [-0.05, 0) is 30.2 Å². The first-order chi connectivity index (χ1) is 7.63. The number of hydrogen-bond donors (Lipinski definition) is 1.